The molecule has 0 fully saturated rings. The summed E-state index contributed by atoms with van der Waals surface area (Å²) in [5.41, 5.74) is 8.18. The Labute approximate surface area is 118 Å². The number of hydrogen-bond donors (Lipinski definition) is 2. The minimum Gasteiger partial charge on any atom is -0.320 e. The molecule has 0 unspecified atom stereocenters. The standard InChI is InChI=1S/C16H15N3O/c1-12-5-2-3-7-14(12)19-16(20)15-9-8-13(11-18-15)6-4-10-17/h2-3,5,7-9,11H,10,17H2,1H3,(H,19,20). The van der Waals surface area contributed by atoms with E-state index in [4.69, 9.17) is 5.73 Å². The Morgan fingerprint density at radius 2 is 2.10 bits per heavy atom. The number of nitrogens with zero attached hydrogens (tertiary/aromatic N) is 1. The van der Waals surface area contributed by atoms with Crippen molar-refractivity contribution in [3.8, 4) is 11.8 Å². The third kappa shape index (κ3) is 3.44. The van der Waals surface area contributed by atoms with Crippen LogP contribution in [0.5, 0.6) is 0 Å². The molecule has 0 aliphatic heterocycles. The van der Waals surface area contributed by atoms with E-state index in [0.717, 1.165) is 16.8 Å². The summed E-state index contributed by atoms with van der Waals surface area (Å²) in [7, 11) is 0. The number of nitrogens with one attached hydrogen (secondary N) is 1. The highest BCUT2D eigenvalue weighted by Gasteiger charge is 2.08. The fourth-order valence-electron chi connectivity index (χ4n) is 1.65. The van der Waals surface area contributed by atoms with Crippen molar-refractivity contribution in [2.75, 3.05) is 11.9 Å². The van der Waals surface area contributed by atoms with Crippen LogP contribution in [0.1, 0.15) is 21.6 Å². The third-order valence-electron chi connectivity index (χ3n) is 2.72. The monoisotopic (exact) mass is 265 g/mol. The van der Waals surface area contributed by atoms with Crippen LogP contribution >= 0.6 is 0 Å². The van der Waals surface area contributed by atoms with Gasteiger partial charge in [0.15, 0.2) is 0 Å². The molecule has 0 radical (unpaired) electrons. The van der Waals surface area contributed by atoms with Crippen molar-refractivity contribution >= 4 is 11.6 Å². The van der Waals surface area contributed by atoms with Crippen molar-refractivity contribution in [2.24, 2.45) is 5.73 Å². The summed E-state index contributed by atoms with van der Waals surface area (Å²) >= 11 is 0. The van der Waals surface area contributed by atoms with Crippen molar-refractivity contribution in [2.45, 2.75) is 6.92 Å². The summed E-state index contributed by atoms with van der Waals surface area (Å²) < 4.78 is 0. The van der Waals surface area contributed by atoms with Crippen molar-refractivity contribution in [1.82, 2.24) is 4.98 Å². The Bertz CT molecular complexity index is 666. The molecule has 2 aromatic rings. The molecule has 0 aliphatic rings. The second kappa shape index (κ2) is 6.50. The second-order valence-electron chi connectivity index (χ2n) is 4.21. The van der Waals surface area contributed by atoms with Gasteiger partial charge in [0.2, 0.25) is 0 Å². The number of carbonyl (C=O) groups excluding carboxylic acids is 1. The number of pyridine rings is 1. The Morgan fingerprint density at radius 3 is 2.75 bits per heavy atom. The highest BCUT2D eigenvalue weighted by Crippen LogP contribution is 2.14. The van der Waals surface area contributed by atoms with Crippen LogP contribution in [-0.2, 0) is 0 Å². The van der Waals surface area contributed by atoms with E-state index in [1.807, 2.05) is 31.2 Å². The van der Waals surface area contributed by atoms with Gasteiger partial charge in [0.25, 0.3) is 5.91 Å². The molecule has 1 aromatic heterocycles. The molecule has 1 aromatic carbocycles. The summed E-state index contributed by atoms with van der Waals surface area (Å²) in [6, 6.07) is 11.0. The molecular formula is C16H15N3O. The minimum atomic E-state index is -0.238. The van der Waals surface area contributed by atoms with Gasteiger partial charge < -0.3 is 11.1 Å². The van der Waals surface area contributed by atoms with E-state index in [1.54, 1.807) is 18.3 Å². The highest BCUT2D eigenvalue weighted by atomic mass is 16.1. The summed E-state index contributed by atoms with van der Waals surface area (Å²) in [4.78, 5) is 16.2. The van der Waals surface area contributed by atoms with Crippen LogP contribution < -0.4 is 11.1 Å². The zero-order chi connectivity index (χ0) is 14.4. The highest BCUT2D eigenvalue weighted by molar-refractivity contribution is 6.03. The predicted molar refractivity (Wildman–Crippen MR) is 79.3 cm³/mol. The first-order valence-electron chi connectivity index (χ1n) is 6.22. The first-order chi connectivity index (χ1) is 9.70. The first-order valence-corrected chi connectivity index (χ1v) is 6.22. The van der Waals surface area contributed by atoms with Gasteiger partial charge >= 0.3 is 0 Å². The fraction of sp³-hybridized carbons (Fsp3) is 0.125. The quantitative estimate of drug-likeness (QED) is 0.815. The number of nitrogens with two attached hydrogens (primary N) is 1. The van der Waals surface area contributed by atoms with Crippen molar-refractivity contribution in [1.29, 1.82) is 0 Å². The van der Waals surface area contributed by atoms with E-state index in [-0.39, 0.29) is 5.91 Å². The summed E-state index contributed by atoms with van der Waals surface area (Å²) in [5, 5.41) is 2.83. The Kier molecular flexibility index (Phi) is 4.48. The number of hydrogen-bond acceptors (Lipinski definition) is 3. The van der Waals surface area contributed by atoms with Gasteiger partial charge in [0.05, 0.1) is 6.54 Å². The SMILES string of the molecule is Cc1ccccc1NC(=O)c1ccc(C#CCN)cn1. The molecule has 0 spiro atoms. The van der Waals surface area contributed by atoms with Gasteiger partial charge in [0, 0.05) is 17.4 Å². The predicted octanol–water partition coefficient (Wildman–Crippen LogP) is 1.95. The molecule has 3 N–H and O–H groups in total. The van der Waals surface area contributed by atoms with Crippen LogP contribution in [0.2, 0.25) is 0 Å². The Morgan fingerprint density at radius 1 is 1.30 bits per heavy atom. The molecule has 0 atom stereocenters. The number of aromatic nitrogens is 1. The lowest BCUT2D eigenvalue weighted by atomic mass is 10.2. The van der Waals surface area contributed by atoms with Gasteiger partial charge in [-0.05, 0) is 30.7 Å². The molecule has 2 rings (SSSR count). The maximum Gasteiger partial charge on any atom is 0.274 e. The molecule has 0 saturated heterocycles. The van der Waals surface area contributed by atoms with Gasteiger partial charge in [-0.1, -0.05) is 30.0 Å². The number of benzene rings is 1. The lowest BCUT2D eigenvalue weighted by molar-refractivity contribution is 0.102. The van der Waals surface area contributed by atoms with Gasteiger partial charge in [0.1, 0.15) is 5.69 Å². The number of aryl methyl sites for hydroxylation is 1. The minimum absolute atomic E-state index is 0.238. The van der Waals surface area contributed by atoms with Crippen LogP contribution in [0.3, 0.4) is 0 Å². The van der Waals surface area contributed by atoms with Gasteiger partial charge in [-0.25, -0.2) is 4.98 Å². The number of rotatable bonds is 2. The number of anilines is 1. The molecule has 0 saturated carbocycles. The van der Waals surface area contributed by atoms with Crippen LogP contribution in [0, 0.1) is 18.8 Å². The van der Waals surface area contributed by atoms with Crippen molar-refractivity contribution in [3.05, 3.63) is 59.4 Å². The number of carbonyl (C=O) groups is 1. The largest absolute Gasteiger partial charge is 0.320 e. The third-order valence-corrected chi connectivity index (χ3v) is 2.72. The maximum absolute atomic E-state index is 12.1. The van der Waals surface area contributed by atoms with Crippen LogP contribution in [0.15, 0.2) is 42.6 Å². The van der Waals surface area contributed by atoms with Gasteiger partial charge in [-0.3, -0.25) is 4.79 Å². The van der Waals surface area contributed by atoms with Crippen LogP contribution in [0.25, 0.3) is 0 Å². The smallest absolute Gasteiger partial charge is 0.274 e. The van der Waals surface area contributed by atoms with Crippen LogP contribution in [-0.4, -0.2) is 17.4 Å². The number of para-hydroxylation sites is 1. The molecule has 4 heteroatoms. The Balaban J connectivity index is 2.12. The van der Waals surface area contributed by atoms with E-state index in [2.05, 4.69) is 22.1 Å². The zero-order valence-corrected chi connectivity index (χ0v) is 11.2. The molecule has 20 heavy (non-hydrogen) atoms. The van der Waals surface area contributed by atoms with Crippen molar-refractivity contribution < 1.29 is 4.79 Å². The average molecular weight is 265 g/mol. The number of amides is 1. The van der Waals surface area contributed by atoms with Gasteiger partial charge in [-0.2, -0.15) is 0 Å². The normalized spacial score (nSPS) is 9.50. The van der Waals surface area contributed by atoms with E-state index < -0.39 is 0 Å². The molecule has 1 amide bonds. The first kappa shape index (κ1) is 13.8. The zero-order valence-electron chi connectivity index (χ0n) is 11.2. The molecular weight excluding hydrogens is 250 g/mol. The lowest BCUT2D eigenvalue weighted by Crippen LogP contribution is -2.14. The summed E-state index contributed by atoms with van der Waals surface area (Å²) in [5.74, 6) is 5.36. The van der Waals surface area contributed by atoms with E-state index >= 15 is 0 Å². The fourth-order valence-corrected chi connectivity index (χ4v) is 1.65. The van der Waals surface area contributed by atoms with E-state index in [0.29, 0.717) is 12.2 Å². The summed E-state index contributed by atoms with van der Waals surface area (Å²) in [6.45, 7) is 2.24. The average Bonchev–Trinajstić information content (AvgIpc) is 2.48. The topological polar surface area (TPSA) is 68.0 Å². The van der Waals surface area contributed by atoms with Gasteiger partial charge in [-0.15, -0.1) is 0 Å². The van der Waals surface area contributed by atoms with E-state index in [9.17, 15) is 4.79 Å². The molecule has 100 valence electrons. The van der Waals surface area contributed by atoms with Crippen LogP contribution in [0.4, 0.5) is 5.69 Å². The van der Waals surface area contributed by atoms with Crippen molar-refractivity contribution in [3.63, 3.8) is 0 Å². The molecule has 1 heterocycles. The second-order valence-corrected chi connectivity index (χ2v) is 4.21. The Hall–Kier alpha value is -2.64. The lowest BCUT2D eigenvalue weighted by Gasteiger charge is -2.07. The molecule has 0 aliphatic carbocycles. The molecule has 0 bridgehead atoms. The maximum atomic E-state index is 12.1. The summed E-state index contributed by atoms with van der Waals surface area (Å²) in [6.07, 6.45) is 1.56. The molecule has 4 nitrogen and oxygen atoms in total. The van der Waals surface area contributed by atoms with E-state index in [1.165, 1.54) is 0 Å².